The van der Waals surface area contributed by atoms with Crippen molar-refractivity contribution in [2.75, 3.05) is 44.2 Å². The number of piperazine rings is 1. The van der Waals surface area contributed by atoms with E-state index in [2.05, 4.69) is 44.4 Å². The van der Waals surface area contributed by atoms with Crippen LogP contribution in [0.15, 0.2) is 76.9 Å². The number of thiophene rings is 1. The zero-order valence-corrected chi connectivity index (χ0v) is 22.2. The van der Waals surface area contributed by atoms with E-state index >= 15 is 0 Å². The zero-order valence-electron chi connectivity index (χ0n) is 21.4. The topological polar surface area (TPSA) is 123 Å². The van der Waals surface area contributed by atoms with Crippen molar-refractivity contribution in [3.8, 4) is 5.75 Å². The highest BCUT2D eigenvalue weighted by Crippen LogP contribution is 2.31. The Morgan fingerprint density at radius 1 is 0.949 bits per heavy atom. The molecule has 0 atom stereocenters. The molecular weight excluding hydrogens is 518 g/mol. The quantitative estimate of drug-likeness (QED) is 0.207. The Morgan fingerprint density at radius 3 is 2.44 bits per heavy atom. The molecule has 2 aromatic heterocycles. The first kappa shape index (κ1) is 27.9. The fraction of sp³-hybridized carbons (Fsp3) is 0.276. The van der Waals surface area contributed by atoms with E-state index in [1.807, 2.05) is 35.6 Å². The van der Waals surface area contributed by atoms with E-state index in [0.717, 1.165) is 62.2 Å². The molecule has 0 aliphatic carbocycles. The minimum absolute atomic E-state index is 0.0863. The number of benzene rings is 2. The van der Waals surface area contributed by atoms with Gasteiger partial charge in [0.2, 0.25) is 5.56 Å². The molecule has 0 amide bonds. The Hall–Kier alpha value is -4.15. The van der Waals surface area contributed by atoms with Crippen molar-refractivity contribution in [1.82, 2.24) is 9.88 Å². The molecular formula is C29H31N3O6S. The summed E-state index contributed by atoms with van der Waals surface area (Å²) in [5.41, 5.74) is 2.11. The average Bonchev–Trinajstić information content (AvgIpc) is 3.41. The summed E-state index contributed by atoms with van der Waals surface area (Å²) in [4.78, 5) is 38.5. The number of nitrogens with one attached hydrogen (secondary N) is 1. The number of ether oxygens (including phenoxy) is 1. The predicted molar refractivity (Wildman–Crippen MR) is 154 cm³/mol. The Morgan fingerprint density at radius 2 is 1.69 bits per heavy atom. The summed E-state index contributed by atoms with van der Waals surface area (Å²) >= 11 is 1.82. The van der Waals surface area contributed by atoms with E-state index in [0.29, 0.717) is 18.8 Å². The van der Waals surface area contributed by atoms with Gasteiger partial charge in [0.15, 0.2) is 0 Å². The van der Waals surface area contributed by atoms with Gasteiger partial charge >= 0.3 is 11.9 Å². The van der Waals surface area contributed by atoms with Gasteiger partial charge in [0.1, 0.15) is 5.75 Å². The van der Waals surface area contributed by atoms with Crippen LogP contribution in [0.25, 0.3) is 21.0 Å². The Labute approximate surface area is 229 Å². The number of carbonyl (C=O) groups is 2. The molecule has 9 nitrogen and oxygen atoms in total. The molecule has 1 aliphatic rings. The molecule has 5 rings (SSSR count). The standard InChI is InChI=1S/C25H27N3O2S.C4H4O4/c29-25-9-7-19-6-8-20(18-22(19)26-25)30-16-2-1-11-27-12-14-28(15-13-27)23-4-3-5-24-21(23)10-17-31-24;5-3(6)1-2-4(7)8/h3-10,17-18H,1-2,11-16H2,(H,26,29);1-2H,(H,5,6)(H,7,8)/b;2-1+. The van der Waals surface area contributed by atoms with E-state index < -0.39 is 11.9 Å². The van der Waals surface area contributed by atoms with Crippen molar-refractivity contribution in [1.29, 1.82) is 0 Å². The monoisotopic (exact) mass is 549 g/mol. The second kappa shape index (κ2) is 13.6. The van der Waals surface area contributed by atoms with Crippen LogP contribution in [-0.4, -0.2) is 71.4 Å². The molecule has 39 heavy (non-hydrogen) atoms. The number of carboxylic acid groups (broad SMARTS) is 2. The fourth-order valence-electron chi connectivity index (χ4n) is 4.45. The zero-order chi connectivity index (χ0) is 27.6. The van der Waals surface area contributed by atoms with Gasteiger partial charge in [-0.1, -0.05) is 6.07 Å². The molecule has 0 bridgehead atoms. The minimum atomic E-state index is -1.26. The Kier molecular flexibility index (Phi) is 9.71. The van der Waals surface area contributed by atoms with Crippen LogP contribution in [0.4, 0.5) is 5.69 Å². The summed E-state index contributed by atoms with van der Waals surface area (Å²) in [5.74, 6) is -1.70. The molecule has 2 aromatic carbocycles. The van der Waals surface area contributed by atoms with Gasteiger partial charge in [-0.25, -0.2) is 9.59 Å². The molecule has 1 saturated heterocycles. The third-order valence-corrected chi connectivity index (χ3v) is 7.27. The molecule has 0 spiro atoms. The smallest absolute Gasteiger partial charge is 0.328 e. The van der Waals surface area contributed by atoms with Crippen molar-refractivity contribution in [3.05, 3.63) is 82.5 Å². The maximum Gasteiger partial charge on any atom is 0.328 e. The van der Waals surface area contributed by atoms with Crippen LogP contribution in [-0.2, 0) is 9.59 Å². The highest BCUT2D eigenvalue weighted by Gasteiger charge is 2.18. The van der Waals surface area contributed by atoms with Crippen LogP contribution in [0.2, 0.25) is 0 Å². The van der Waals surface area contributed by atoms with Gasteiger partial charge in [-0.2, -0.15) is 0 Å². The number of rotatable bonds is 9. The molecule has 10 heteroatoms. The summed E-state index contributed by atoms with van der Waals surface area (Å²) in [7, 11) is 0. The second-order valence-electron chi connectivity index (χ2n) is 9.08. The van der Waals surface area contributed by atoms with Crippen molar-refractivity contribution >= 4 is 50.0 Å². The van der Waals surface area contributed by atoms with Gasteiger partial charge in [0.25, 0.3) is 0 Å². The van der Waals surface area contributed by atoms with Crippen molar-refractivity contribution < 1.29 is 24.5 Å². The number of fused-ring (bicyclic) bond motifs is 2. The predicted octanol–water partition coefficient (Wildman–Crippen LogP) is 4.44. The van der Waals surface area contributed by atoms with Gasteiger partial charge in [-0.15, -0.1) is 11.3 Å². The largest absolute Gasteiger partial charge is 0.494 e. The number of hydrogen-bond donors (Lipinski definition) is 3. The first-order valence-corrected chi connectivity index (χ1v) is 13.6. The van der Waals surface area contributed by atoms with Gasteiger partial charge < -0.3 is 24.8 Å². The van der Waals surface area contributed by atoms with Crippen LogP contribution in [0.5, 0.6) is 5.75 Å². The van der Waals surface area contributed by atoms with Crippen LogP contribution in [0.3, 0.4) is 0 Å². The van der Waals surface area contributed by atoms with E-state index in [9.17, 15) is 14.4 Å². The molecule has 204 valence electrons. The highest BCUT2D eigenvalue weighted by molar-refractivity contribution is 7.17. The lowest BCUT2D eigenvalue weighted by molar-refractivity contribution is -0.134. The number of nitrogens with zero attached hydrogens (tertiary/aromatic N) is 2. The second-order valence-corrected chi connectivity index (χ2v) is 10.0. The molecule has 3 heterocycles. The van der Waals surface area contributed by atoms with E-state index in [-0.39, 0.29) is 5.56 Å². The summed E-state index contributed by atoms with van der Waals surface area (Å²) in [6, 6.07) is 18.1. The van der Waals surface area contributed by atoms with E-state index in [1.165, 1.54) is 15.8 Å². The SMILES string of the molecule is O=C(O)/C=C/C(=O)O.O=c1ccc2ccc(OCCCCN3CCN(c4cccc5sccc45)CC3)cc2[nH]1. The lowest BCUT2D eigenvalue weighted by Gasteiger charge is -2.36. The minimum Gasteiger partial charge on any atom is -0.494 e. The number of aromatic amines is 1. The number of H-pyrrole nitrogens is 1. The van der Waals surface area contributed by atoms with Gasteiger partial charge in [0, 0.05) is 66.2 Å². The lowest BCUT2D eigenvalue weighted by Crippen LogP contribution is -2.46. The number of carboxylic acids is 2. The van der Waals surface area contributed by atoms with Gasteiger partial charge in [-0.05, 0) is 66.6 Å². The normalized spacial score (nSPS) is 13.9. The van der Waals surface area contributed by atoms with Gasteiger partial charge in [-0.3, -0.25) is 9.69 Å². The number of aromatic nitrogens is 1. The maximum atomic E-state index is 11.5. The first-order valence-electron chi connectivity index (χ1n) is 12.7. The fourth-order valence-corrected chi connectivity index (χ4v) is 5.26. The third kappa shape index (κ3) is 8.17. The highest BCUT2D eigenvalue weighted by atomic mass is 32.1. The molecule has 3 N–H and O–H groups in total. The lowest BCUT2D eigenvalue weighted by atomic mass is 10.2. The van der Waals surface area contributed by atoms with Crippen LogP contribution in [0, 0.1) is 0 Å². The Balaban J connectivity index is 0.000000386. The summed E-state index contributed by atoms with van der Waals surface area (Å²) < 4.78 is 7.28. The number of aliphatic carboxylic acids is 2. The Bertz CT molecular complexity index is 1490. The number of hydrogen-bond acceptors (Lipinski definition) is 7. The first-order chi connectivity index (χ1) is 18.9. The third-order valence-electron chi connectivity index (χ3n) is 6.39. The molecule has 1 fully saturated rings. The number of pyridine rings is 1. The van der Waals surface area contributed by atoms with E-state index in [4.69, 9.17) is 14.9 Å². The van der Waals surface area contributed by atoms with Gasteiger partial charge in [0.05, 0.1) is 12.1 Å². The summed E-state index contributed by atoms with van der Waals surface area (Å²) in [6.45, 7) is 6.20. The van der Waals surface area contributed by atoms with Crippen LogP contribution < -0.4 is 15.2 Å². The molecule has 4 aromatic rings. The summed E-state index contributed by atoms with van der Waals surface area (Å²) in [6.07, 6.45) is 3.27. The van der Waals surface area contributed by atoms with Crippen LogP contribution >= 0.6 is 11.3 Å². The molecule has 0 unspecified atom stereocenters. The van der Waals surface area contributed by atoms with E-state index in [1.54, 1.807) is 6.07 Å². The molecule has 0 saturated carbocycles. The van der Waals surface area contributed by atoms with Crippen molar-refractivity contribution in [2.45, 2.75) is 12.8 Å². The molecule has 1 aliphatic heterocycles. The number of anilines is 1. The number of unbranched alkanes of at least 4 members (excludes halogenated alkanes) is 1. The van der Waals surface area contributed by atoms with Crippen molar-refractivity contribution in [2.24, 2.45) is 0 Å². The average molecular weight is 550 g/mol. The molecule has 0 radical (unpaired) electrons. The summed E-state index contributed by atoms with van der Waals surface area (Å²) in [5, 5.41) is 20.2. The van der Waals surface area contributed by atoms with Crippen molar-refractivity contribution in [3.63, 3.8) is 0 Å². The maximum absolute atomic E-state index is 11.5. The van der Waals surface area contributed by atoms with Crippen LogP contribution in [0.1, 0.15) is 12.8 Å².